The number of hydrogen-bond acceptors (Lipinski definition) is 5. The first-order chi connectivity index (χ1) is 12.9. The van der Waals surface area contributed by atoms with E-state index >= 15 is 0 Å². The molecule has 0 bridgehead atoms. The van der Waals surface area contributed by atoms with Crippen LogP contribution in [-0.2, 0) is 19.1 Å². The predicted octanol–water partition coefficient (Wildman–Crippen LogP) is 3.29. The molecule has 140 valence electrons. The Morgan fingerprint density at radius 2 is 1.74 bits per heavy atom. The van der Waals surface area contributed by atoms with Crippen LogP contribution in [0, 0.1) is 13.8 Å². The molecule has 2 aromatic carbocycles. The zero-order valence-electron chi connectivity index (χ0n) is 15.4. The van der Waals surface area contributed by atoms with Crippen LogP contribution in [-0.4, -0.2) is 31.6 Å². The third-order valence-electron chi connectivity index (χ3n) is 3.75. The monoisotopic (exact) mass is 367 g/mol. The molecule has 0 aromatic heterocycles. The molecule has 6 nitrogen and oxygen atoms in total. The van der Waals surface area contributed by atoms with Crippen LogP contribution in [0.4, 0.5) is 5.69 Å². The number of anilines is 1. The van der Waals surface area contributed by atoms with E-state index in [1.807, 2.05) is 32.0 Å². The number of esters is 2. The molecule has 0 radical (unpaired) electrons. The van der Waals surface area contributed by atoms with Gasteiger partial charge in [-0.1, -0.05) is 29.8 Å². The zero-order valence-corrected chi connectivity index (χ0v) is 15.4. The lowest BCUT2D eigenvalue weighted by atomic mass is 10.1. The number of methoxy groups -OCH3 is 1. The minimum atomic E-state index is -0.636. The Morgan fingerprint density at radius 1 is 1.04 bits per heavy atom. The van der Waals surface area contributed by atoms with Gasteiger partial charge in [-0.2, -0.15) is 0 Å². The van der Waals surface area contributed by atoms with E-state index in [9.17, 15) is 14.4 Å². The summed E-state index contributed by atoms with van der Waals surface area (Å²) in [6, 6.07) is 12.2. The van der Waals surface area contributed by atoms with Crippen LogP contribution in [0.2, 0.25) is 0 Å². The molecule has 6 heteroatoms. The number of ether oxygens (including phenoxy) is 2. The molecule has 0 fully saturated rings. The van der Waals surface area contributed by atoms with Gasteiger partial charge < -0.3 is 14.8 Å². The fourth-order valence-corrected chi connectivity index (χ4v) is 2.34. The van der Waals surface area contributed by atoms with Crippen molar-refractivity contribution in [3.05, 3.63) is 70.8 Å². The Balaban J connectivity index is 1.83. The Morgan fingerprint density at radius 3 is 2.37 bits per heavy atom. The minimum absolute atomic E-state index is 0.377. The molecule has 0 saturated heterocycles. The molecule has 0 aliphatic carbocycles. The summed E-state index contributed by atoms with van der Waals surface area (Å²) >= 11 is 0. The van der Waals surface area contributed by atoms with Crippen molar-refractivity contribution in [1.82, 2.24) is 0 Å². The van der Waals surface area contributed by atoms with Crippen LogP contribution in [0.15, 0.2) is 48.5 Å². The molecule has 0 saturated carbocycles. The summed E-state index contributed by atoms with van der Waals surface area (Å²) in [5.41, 5.74) is 3.84. The van der Waals surface area contributed by atoms with Crippen molar-refractivity contribution in [2.45, 2.75) is 13.8 Å². The summed E-state index contributed by atoms with van der Waals surface area (Å²) in [7, 11) is 1.31. The summed E-state index contributed by atoms with van der Waals surface area (Å²) < 4.78 is 9.54. The highest BCUT2D eigenvalue weighted by Crippen LogP contribution is 2.15. The number of rotatable bonds is 6. The first kappa shape index (κ1) is 19.9. The van der Waals surface area contributed by atoms with Crippen molar-refractivity contribution >= 4 is 29.6 Å². The normalized spacial score (nSPS) is 10.5. The Bertz CT molecular complexity index is 869. The van der Waals surface area contributed by atoms with E-state index in [-0.39, 0.29) is 6.61 Å². The van der Waals surface area contributed by atoms with Gasteiger partial charge in [0.15, 0.2) is 6.61 Å². The molecular formula is C21H21NO5. The van der Waals surface area contributed by atoms with Gasteiger partial charge in [-0.05, 0) is 49.2 Å². The lowest BCUT2D eigenvalue weighted by Crippen LogP contribution is -2.20. The maximum atomic E-state index is 11.9. The lowest BCUT2D eigenvalue weighted by Gasteiger charge is -2.09. The van der Waals surface area contributed by atoms with Gasteiger partial charge in [0.2, 0.25) is 0 Å². The van der Waals surface area contributed by atoms with Crippen molar-refractivity contribution in [2.24, 2.45) is 0 Å². The van der Waals surface area contributed by atoms with Gasteiger partial charge in [0, 0.05) is 11.8 Å². The SMILES string of the molecule is COC(=O)c1ccc(/C=C/C(=O)OCC(=O)Nc2ccc(C)cc2C)cc1. The van der Waals surface area contributed by atoms with E-state index in [4.69, 9.17) is 4.74 Å². The third-order valence-corrected chi connectivity index (χ3v) is 3.75. The topological polar surface area (TPSA) is 81.7 Å². The Kier molecular flexibility index (Phi) is 6.88. The molecule has 0 spiro atoms. The first-order valence-electron chi connectivity index (χ1n) is 8.29. The molecule has 0 atom stereocenters. The number of carbonyl (C=O) groups excluding carboxylic acids is 3. The van der Waals surface area contributed by atoms with E-state index in [0.717, 1.165) is 11.1 Å². The minimum Gasteiger partial charge on any atom is -0.465 e. The molecule has 27 heavy (non-hydrogen) atoms. The fraction of sp³-hybridized carbons (Fsp3) is 0.190. The van der Waals surface area contributed by atoms with Crippen LogP contribution in [0.25, 0.3) is 6.08 Å². The van der Waals surface area contributed by atoms with Gasteiger partial charge in [0.05, 0.1) is 12.7 Å². The zero-order chi connectivity index (χ0) is 19.8. The van der Waals surface area contributed by atoms with E-state index < -0.39 is 17.8 Å². The van der Waals surface area contributed by atoms with Crippen molar-refractivity contribution in [3.8, 4) is 0 Å². The second-order valence-electron chi connectivity index (χ2n) is 5.92. The van der Waals surface area contributed by atoms with Gasteiger partial charge in [-0.25, -0.2) is 9.59 Å². The van der Waals surface area contributed by atoms with Gasteiger partial charge >= 0.3 is 11.9 Å². The average molecular weight is 367 g/mol. The maximum absolute atomic E-state index is 11.9. The van der Waals surface area contributed by atoms with Crippen molar-refractivity contribution in [3.63, 3.8) is 0 Å². The molecule has 2 aromatic rings. The van der Waals surface area contributed by atoms with Crippen LogP contribution < -0.4 is 5.32 Å². The van der Waals surface area contributed by atoms with Gasteiger partial charge in [-0.15, -0.1) is 0 Å². The summed E-state index contributed by atoms with van der Waals surface area (Å²) in [5, 5.41) is 2.70. The lowest BCUT2D eigenvalue weighted by molar-refractivity contribution is -0.142. The number of aryl methyl sites for hydroxylation is 2. The second kappa shape index (κ2) is 9.33. The van der Waals surface area contributed by atoms with Crippen molar-refractivity contribution in [2.75, 3.05) is 19.0 Å². The third kappa shape index (κ3) is 6.11. The molecule has 0 unspecified atom stereocenters. The summed E-state index contributed by atoms with van der Waals surface area (Å²) in [6.45, 7) is 3.48. The van der Waals surface area contributed by atoms with Crippen LogP contribution in [0.1, 0.15) is 27.0 Å². The van der Waals surface area contributed by atoms with Crippen LogP contribution in [0.5, 0.6) is 0 Å². The van der Waals surface area contributed by atoms with Crippen molar-refractivity contribution in [1.29, 1.82) is 0 Å². The highest BCUT2D eigenvalue weighted by atomic mass is 16.5. The fourth-order valence-electron chi connectivity index (χ4n) is 2.34. The van der Waals surface area contributed by atoms with E-state index in [1.165, 1.54) is 19.3 Å². The molecule has 0 aliphatic rings. The highest BCUT2D eigenvalue weighted by Gasteiger charge is 2.08. The number of benzene rings is 2. The standard InChI is InChI=1S/C21H21NO5/c1-14-4-10-18(15(2)12-14)22-19(23)13-27-20(24)11-7-16-5-8-17(9-6-16)21(25)26-3/h4-12H,13H2,1-3H3,(H,22,23)/b11-7+. The molecule has 2 rings (SSSR count). The summed E-state index contributed by atoms with van der Waals surface area (Å²) in [4.78, 5) is 35.0. The number of hydrogen-bond donors (Lipinski definition) is 1. The van der Waals surface area contributed by atoms with Crippen LogP contribution >= 0.6 is 0 Å². The number of carbonyl (C=O) groups is 3. The quantitative estimate of drug-likeness (QED) is 0.626. The second-order valence-corrected chi connectivity index (χ2v) is 5.92. The summed E-state index contributed by atoms with van der Waals surface area (Å²) in [5.74, 6) is -1.48. The molecule has 1 amide bonds. The number of nitrogens with one attached hydrogen (secondary N) is 1. The predicted molar refractivity (Wildman–Crippen MR) is 102 cm³/mol. The van der Waals surface area contributed by atoms with E-state index in [2.05, 4.69) is 10.1 Å². The Hall–Kier alpha value is -3.41. The van der Waals surface area contributed by atoms with Gasteiger partial charge in [0.1, 0.15) is 0 Å². The summed E-state index contributed by atoms with van der Waals surface area (Å²) in [6.07, 6.45) is 2.75. The van der Waals surface area contributed by atoms with E-state index in [0.29, 0.717) is 16.8 Å². The molecular weight excluding hydrogens is 346 g/mol. The molecule has 1 N–H and O–H groups in total. The average Bonchev–Trinajstić information content (AvgIpc) is 2.66. The first-order valence-corrected chi connectivity index (χ1v) is 8.29. The van der Waals surface area contributed by atoms with Gasteiger partial charge in [-0.3, -0.25) is 4.79 Å². The van der Waals surface area contributed by atoms with Gasteiger partial charge in [0.25, 0.3) is 5.91 Å². The number of amides is 1. The maximum Gasteiger partial charge on any atom is 0.337 e. The highest BCUT2D eigenvalue weighted by molar-refractivity contribution is 5.95. The van der Waals surface area contributed by atoms with Crippen molar-refractivity contribution < 1.29 is 23.9 Å². The Labute approximate surface area is 157 Å². The van der Waals surface area contributed by atoms with Crippen LogP contribution in [0.3, 0.4) is 0 Å². The van der Waals surface area contributed by atoms with E-state index in [1.54, 1.807) is 24.3 Å². The largest absolute Gasteiger partial charge is 0.465 e. The molecule has 0 aliphatic heterocycles. The molecule has 0 heterocycles. The smallest absolute Gasteiger partial charge is 0.337 e.